The quantitative estimate of drug-likeness (QED) is 0.260. The van der Waals surface area contributed by atoms with Crippen LogP contribution in [0.4, 0.5) is 0 Å². The molecule has 4 rings (SSSR count). The van der Waals surface area contributed by atoms with Gasteiger partial charge in [-0.05, 0) is 49.1 Å². The maximum absolute atomic E-state index is 13.1. The van der Waals surface area contributed by atoms with Crippen LogP contribution in [0.3, 0.4) is 0 Å². The van der Waals surface area contributed by atoms with Gasteiger partial charge in [0.2, 0.25) is 5.88 Å². The van der Waals surface area contributed by atoms with Crippen molar-refractivity contribution >= 4 is 17.5 Å². The summed E-state index contributed by atoms with van der Waals surface area (Å²) in [6, 6.07) is 12.4. The van der Waals surface area contributed by atoms with E-state index in [2.05, 4.69) is 34.4 Å². The molecule has 2 unspecified atom stereocenters. The van der Waals surface area contributed by atoms with Crippen molar-refractivity contribution in [1.29, 1.82) is 0 Å². The number of aliphatic hydroxyl groups excluding tert-OH is 1. The lowest BCUT2D eigenvalue weighted by Crippen LogP contribution is -2.48. The molecule has 0 bridgehead atoms. The molecule has 2 fully saturated rings. The van der Waals surface area contributed by atoms with Crippen molar-refractivity contribution in [3.63, 3.8) is 0 Å². The summed E-state index contributed by atoms with van der Waals surface area (Å²) in [4.78, 5) is 17.3. The number of nitrogens with one attached hydrogen (secondary N) is 2. The van der Waals surface area contributed by atoms with Gasteiger partial charge < -0.3 is 20.5 Å². The molecule has 2 aromatic rings. The van der Waals surface area contributed by atoms with Gasteiger partial charge in [0.25, 0.3) is 5.91 Å². The molecule has 1 aromatic heterocycles. The number of hydrogen-bond donors (Lipinski definition) is 3. The van der Waals surface area contributed by atoms with E-state index in [0.717, 1.165) is 12.0 Å². The highest BCUT2D eigenvalue weighted by atomic mass is 35.5. The smallest absolute Gasteiger partial charge is 0.251 e. The summed E-state index contributed by atoms with van der Waals surface area (Å²) in [5.74, 6) is 8.05. The molecular weight excluding hydrogens is 450 g/mol. The standard InChI is InChI=1S/C27H32ClN3O3/c1-18-12-22(18)17-34-26-15-21(14-25(28)31-26)27(33)30-23(13-20-6-3-2-4-7-20)24(32)16-29-11-5-8-19-9-10-19/h2-4,6-7,14-15,18-19,22-24,29,32H,9-13,16-17H2,1H3,(H,30,33)/t18?,22?,23-,24+/m0/s1. The number of nitrogens with zero attached hydrogens (tertiary/aromatic N) is 1. The third-order valence-electron chi connectivity index (χ3n) is 6.28. The third kappa shape index (κ3) is 7.73. The molecular formula is C27H32ClN3O3. The van der Waals surface area contributed by atoms with Gasteiger partial charge in [-0.3, -0.25) is 4.79 Å². The first-order valence-corrected chi connectivity index (χ1v) is 12.4. The first-order valence-electron chi connectivity index (χ1n) is 12.0. The van der Waals surface area contributed by atoms with Crippen molar-refractivity contribution in [2.24, 2.45) is 17.8 Å². The molecule has 0 spiro atoms. The molecule has 3 N–H and O–H groups in total. The number of amides is 1. The molecule has 34 heavy (non-hydrogen) atoms. The predicted molar refractivity (Wildman–Crippen MR) is 133 cm³/mol. The summed E-state index contributed by atoms with van der Waals surface area (Å²) in [6.07, 6.45) is 3.22. The summed E-state index contributed by atoms with van der Waals surface area (Å²) in [6.45, 7) is 3.59. The Balaban J connectivity index is 1.39. The van der Waals surface area contributed by atoms with Crippen molar-refractivity contribution in [2.75, 3.05) is 19.7 Å². The number of carbonyl (C=O) groups excluding carboxylic acids is 1. The second kappa shape index (κ2) is 11.7. The van der Waals surface area contributed by atoms with Gasteiger partial charge in [0, 0.05) is 24.1 Å². The van der Waals surface area contributed by atoms with E-state index < -0.39 is 12.1 Å². The highest BCUT2D eigenvalue weighted by molar-refractivity contribution is 6.29. The summed E-state index contributed by atoms with van der Waals surface area (Å²) in [5.41, 5.74) is 1.38. The highest BCUT2D eigenvalue weighted by Crippen LogP contribution is 2.37. The molecule has 1 amide bonds. The Morgan fingerprint density at radius 2 is 2.06 bits per heavy atom. The number of halogens is 1. The zero-order valence-electron chi connectivity index (χ0n) is 19.5. The Hall–Kier alpha value is -2.59. The van der Waals surface area contributed by atoms with E-state index in [-0.39, 0.29) is 11.1 Å². The molecule has 0 radical (unpaired) electrons. The van der Waals surface area contributed by atoms with Crippen molar-refractivity contribution in [1.82, 2.24) is 15.6 Å². The fraction of sp³-hybridized carbons (Fsp3) is 0.481. The van der Waals surface area contributed by atoms with E-state index in [0.29, 0.717) is 55.3 Å². The number of hydrogen-bond acceptors (Lipinski definition) is 5. The molecule has 1 aromatic carbocycles. The van der Waals surface area contributed by atoms with Crippen LogP contribution >= 0.6 is 11.6 Å². The number of pyridine rings is 1. The Morgan fingerprint density at radius 3 is 2.76 bits per heavy atom. The lowest BCUT2D eigenvalue weighted by molar-refractivity contribution is 0.0832. The molecule has 2 aliphatic carbocycles. The van der Waals surface area contributed by atoms with Crippen molar-refractivity contribution in [2.45, 2.75) is 44.8 Å². The summed E-state index contributed by atoms with van der Waals surface area (Å²) >= 11 is 6.16. The van der Waals surface area contributed by atoms with Gasteiger partial charge >= 0.3 is 0 Å². The zero-order chi connectivity index (χ0) is 23.9. The van der Waals surface area contributed by atoms with Crippen molar-refractivity contribution in [3.05, 3.63) is 58.7 Å². The zero-order valence-corrected chi connectivity index (χ0v) is 20.2. The van der Waals surface area contributed by atoms with Gasteiger partial charge in [0.15, 0.2) is 0 Å². The summed E-state index contributed by atoms with van der Waals surface area (Å²) < 4.78 is 5.77. The predicted octanol–water partition coefficient (Wildman–Crippen LogP) is 3.47. The van der Waals surface area contributed by atoms with E-state index in [9.17, 15) is 9.90 Å². The second-order valence-electron chi connectivity index (χ2n) is 9.36. The molecule has 1 heterocycles. The van der Waals surface area contributed by atoms with Gasteiger partial charge in [-0.15, -0.1) is 0 Å². The molecule has 0 aliphatic heterocycles. The van der Waals surface area contributed by atoms with E-state index in [1.165, 1.54) is 18.9 Å². The Labute approximate surface area is 206 Å². The fourth-order valence-electron chi connectivity index (χ4n) is 3.75. The first-order chi connectivity index (χ1) is 16.5. The maximum atomic E-state index is 13.1. The average molecular weight is 482 g/mol. The Morgan fingerprint density at radius 1 is 1.29 bits per heavy atom. The van der Waals surface area contributed by atoms with Crippen LogP contribution in [0.5, 0.6) is 5.88 Å². The third-order valence-corrected chi connectivity index (χ3v) is 6.48. The van der Waals surface area contributed by atoms with E-state index in [1.807, 2.05) is 30.3 Å². The van der Waals surface area contributed by atoms with Crippen LogP contribution in [-0.2, 0) is 6.42 Å². The Bertz CT molecular complexity index is 1030. The van der Waals surface area contributed by atoms with E-state index in [1.54, 1.807) is 6.07 Å². The van der Waals surface area contributed by atoms with Crippen LogP contribution in [0.1, 0.15) is 42.1 Å². The number of benzene rings is 1. The fourth-order valence-corrected chi connectivity index (χ4v) is 3.95. The van der Waals surface area contributed by atoms with Gasteiger partial charge in [0.1, 0.15) is 5.15 Å². The number of carbonyl (C=O) groups is 1. The number of rotatable bonds is 11. The van der Waals surface area contributed by atoms with Crippen LogP contribution in [-0.4, -0.2) is 47.8 Å². The lowest BCUT2D eigenvalue weighted by Gasteiger charge is -2.25. The number of aliphatic hydroxyl groups is 1. The Kier molecular flexibility index (Phi) is 8.44. The minimum absolute atomic E-state index is 0.197. The van der Waals surface area contributed by atoms with Crippen molar-refractivity contribution in [3.8, 4) is 17.7 Å². The van der Waals surface area contributed by atoms with Gasteiger partial charge in [-0.25, -0.2) is 4.98 Å². The number of ether oxygens (including phenoxy) is 1. The molecule has 6 nitrogen and oxygen atoms in total. The molecule has 7 heteroatoms. The largest absolute Gasteiger partial charge is 0.477 e. The van der Waals surface area contributed by atoms with Crippen LogP contribution in [0.15, 0.2) is 42.5 Å². The molecule has 0 saturated heterocycles. The molecule has 4 atom stereocenters. The number of aromatic nitrogens is 1. The molecule has 2 saturated carbocycles. The van der Waals surface area contributed by atoms with Gasteiger partial charge in [-0.2, -0.15) is 0 Å². The molecule has 2 aliphatic rings. The minimum Gasteiger partial charge on any atom is -0.477 e. The first kappa shape index (κ1) is 24.5. The molecule has 180 valence electrons. The van der Waals surface area contributed by atoms with Crippen LogP contribution in [0.2, 0.25) is 5.15 Å². The normalized spacial score (nSPS) is 20.6. The average Bonchev–Trinajstić information content (AvgIpc) is 3.75. The summed E-state index contributed by atoms with van der Waals surface area (Å²) in [7, 11) is 0. The SMILES string of the molecule is CC1CC1COc1cc(C(=O)N[C@@H](Cc2ccccc2)[C@H](O)CNCC#CC2CC2)cc(Cl)n1. The van der Waals surface area contributed by atoms with Crippen molar-refractivity contribution < 1.29 is 14.6 Å². The van der Waals surface area contributed by atoms with Crippen LogP contribution in [0.25, 0.3) is 0 Å². The van der Waals surface area contributed by atoms with Crippen LogP contribution < -0.4 is 15.4 Å². The second-order valence-corrected chi connectivity index (χ2v) is 9.75. The van der Waals surface area contributed by atoms with E-state index >= 15 is 0 Å². The van der Waals surface area contributed by atoms with Gasteiger partial charge in [0.05, 0.1) is 25.3 Å². The van der Waals surface area contributed by atoms with Crippen LogP contribution in [0, 0.1) is 29.6 Å². The van der Waals surface area contributed by atoms with Gasteiger partial charge in [-0.1, -0.05) is 60.7 Å². The summed E-state index contributed by atoms with van der Waals surface area (Å²) in [5, 5.41) is 17.2. The topological polar surface area (TPSA) is 83.5 Å². The minimum atomic E-state index is -0.795. The maximum Gasteiger partial charge on any atom is 0.251 e. The van der Waals surface area contributed by atoms with E-state index in [4.69, 9.17) is 16.3 Å². The lowest BCUT2D eigenvalue weighted by atomic mass is 10.0. The highest BCUT2D eigenvalue weighted by Gasteiger charge is 2.33. The monoisotopic (exact) mass is 481 g/mol.